The molecular formula is C14H16BrClFNO. The lowest BCUT2D eigenvalue weighted by Gasteiger charge is -2.28. The Kier molecular flexibility index (Phi) is 5.22. The van der Waals surface area contributed by atoms with Crippen molar-refractivity contribution in [3.05, 3.63) is 34.6 Å². The van der Waals surface area contributed by atoms with Gasteiger partial charge in [0.15, 0.2) is 5.82 Å². The lowest BCUT2D eigenvalue weighted by molar-refractivity contribution is 0.0691. The van der Waals surface area contributed by atoms with Gasteiger partial charge < -0.3 is 4.90 Å². The SMILES string of the molecule is O=C(c1cccc(Cl)c1F)N(CCBr)C1CCCC1. The van der Waals surface area contributed by atoms with Gasteiger partial charge in [-0.25, -0.2) is 4.39 Å². The van der Waals surface area contributed by atoms with Gasteiger partial charge in [0.05, 0.1) is 10.6 Å². The van der Waals surface area contributed by atoms with Gasteiger partial charge in [0.1, 0.15) is 0 Å². The number of benzene rings is 1. The third-order valence-electron chi connectivity index (χ3n) is 3.53. The Labute approximate surface area is 126 Å². The zero-order valence-electron chi connectivity index (χ0n) is 10.5. The van der Waals surface area contributed by atoms with Crippen molar-refractivity contribution in [3.63, 3.8) is 0 Å². The van der Waals surface area contributed by atoms with Crippen molar-refractivity contribution < 1.29 is 9.18 Å². The maximum absolute atomic E-state index is 13.9. The number of carbonyl (C=O) groups is 1. The quantitative estimate of drug-likeness (QED) is 0.745. The fourth-order valence-corrected chi connectivity index (χ4v) is 3.14. The highest BCUT2D eigenvalue weighted by molar-refractivity contribution is 9.09. The summed E-state index contributed by atoms with van der Waals surface area (Å²) in [4.78, 5) is 14.3. The van der Waals surface area contributed by atoms with Crippen molar-refractivity contribution in [2.75, 3.05) is 11.9 Å². The van der Waals surface area contributed by atoms with Crippen molar-refractivity contribution in [1.29, 1.82) is 0 Å². The topological polar surface area (TPSA) is 20.3 Å². The second kappa shape index (κ2) is 6.71. The molecule has 1 amide bonds. The Morgan fingerprint density at radius 2 is 2.11 bits per heavy atom. The van der Waals surface area contributed by atoms with Crippen LogP contribution < -0.4 is 0 Å². The molecule has 0 spiro atoms. The van der Waals surface area contributed by atoms with Crippen LogP contribution in [0.25, 0.3) is 0 Å². The van der Waals surface area contributed by atoms with Crippen LogP contribution >= 0.6 is 27.5 Å². The molecule has 0 bridgehead atoms. The third-order valence-corrected chi connectivity index (χ3v) is 4.18. The molecule has 2 nitrogen and oxygen atoms in total. The first kappa shape index (κ1) is 14.8. The van der Waals surface area contributed by atoms with E-state index in [2.05, 4.69) is 15.9 Å². The molecule has 2 rings (SSSR count). The minimum atomic E-state index is -0.619. The van der Waals surface area contributed by atoms with E-state index in [1.807, 2.05) is 0 Å². The number of hydrogen-bond donors (Lipinski definition) is 0. The molecule has 0 aromatic heterocycles. The summed E-state index contributed by atoms with van der Waals surface area (Å²) in [6.07, 6.45) is 4.27. The fourth-order valence-electron chi connectivity index (χ4n) is 2.58. The van der Waals surface area contributed by atoms with Gasteiger partial charge in [0.25, 0.3) is 5.91 Å². The molecule has 19 heavy (non-hydrogen) atoms. The molecule has 0 radical (unpaired) electrons. The molecule has 0 N–H and O–H groups in total. The maximum Gasteiger partial charge on any atom is 0.257 e. The number of hydrogen-bond acceptors (Lipinski definition) is 1. The summed E-state index contributed by atoms with van der Waals surface area (Å²) in [5.41, 5.74) is 0.0698. The first-order chi connectivity index (χ1) is 9.15. The van der Waals surface area contributed by atoms with Gasteiger partial charge in [0, 0.05) is 17.9 Å². The van der Waals surface area contributed by atoms with E-state index in [4.69, 9.17) is 11.6 Å². The average molecular weight is 349 g/mol. The molecule has 104 valence electrons. The van der Waals surface area contributed by atoms with E-state index in [9.17, 15) is 9.18 Å². The van der Waals surface area contributed by atoms with Crippen molar-refractivity contribution in [1.82, 2.24) is 4.90 Å². The maximum atomic E-state index is 13.9. The summed E-state index contributed by atoms with van der Waals surface area (Å²) in [5, 5.41) is 0.688. The predicted molar refractivity (Wildman–Crippen MR) is 78.5 cm³/mol. The van der Waals surface area contributed by atoms with Crippen LogP contribution in [0.4, 0.5) is 4.39 Å². The van der Waals surface area contributed by atoms with Crippen LogP contribution in [0.3, 0.4) is 0 Å². The van der Waals surface area contributed by atoms with Gasteiger partial charge in [-0.1, -0.05) is 46.4 Å². The van der Waals surface area contributed by atoms with Crippen molar-refractivity contribution >= 4 is 33.4 Å². The van der Waals surface area contributed by atoms with Gasteiger partial charge >= 0.3 is 0 Å². The minimum Gasteiger partial charge on any atom is -0.335 e. The predicted octanol–water partition coefficient (Wildman–Crippen LogP) is 4.26. The largest absolute Gasteiger partial charge is 0.335 e. The van der Waals surface area contributed by atoms with Crippen LogP contribution in [0.1, 0.15) is 36.0 Å². The zero-order valence-corrected chi connectivity index (χ0v) is 12.9. The monoisotopic (exact) mass is 347 g/mol. The Morgan fingerprint density at radius 3 is 2.74 bits per heavy atom. The highest BCUT2D eigenvalue weighted by Crippen LogP contribution is 2.26. The number of amides is 1. The molecule has 0 saturated heterocycles. The summed E-state index contributed by atoms with van der Waals surface area (Å²) in [7, 11) is 0. The Balaban J connectivity index is 2.25. The molecule has 0 heterocycles. The summed E-state index contributed by atoms with van der Waals surface area (Å²) in [6.45, 7) is 0.593. The Hall–Kier alpha value is -0.610. The smallest absolute Gasteiger partial charge is 0.257 e. The van der Waals surface area contributed by atoms with Gasteiger partial charge in [-0.3, -0.25) is 4.79 Å². The Bertz CT molecular complexity index is 463. The second-order valence-electron chi connectivity index (χ2n) is 4.73. The lowest BCUT2D eigenvalue weighted by atomic mass is 10.1. The molecule has 5 heteroatoms. The van der Waals surface area contributed by atoms with E-state index in [1.54, 1.807) is 11.0 Å². The standard InChI is InChI=1S/C14H16BrClFNO/c15-8-9-18(10-4-1-2-5-10)14(19)11-6-3-7-12(16)13(11)17/h3,6-7,10H,1-2,4-5,8-9H2. The highest BCUT2D eigenvalue weighted by atomic mass is 79.9. The highest BCUT2D eigenvalue weighted by Gasteiger charge is 2.28. The molecule has 1 aliphatic rings. The fraction of sp³-hybridized carbons (Fsp3) is 0.500. The van der Waals surface area contributed by atoms with E-state index in [1.165, 1.54) is 12.1 Å². The average Bonchev–Trinajstić information content (AvgIpc) is 2.92. The number of nitrogens with zero attached hydrogens (tertiary/aromatic N) is 1. The van der Waals surface area contributed by atoms with E-state index in [0.717, 1.165) is 25.7 Å². The Morgan fingerprint density at radius 1 is 1.42 bits per heavy atom. The number of alkyl halides is 1. The molecule has 0 aliphatic heterocycles. The molecule has 0 unspecified atom stereocenters. The van der Waals surface area contributed by atoms with Crippen LogP contribution in [0.2, 0.25) is 5.02 Å². The molecule has 1 aromatic carbocycles. The van der Waals surface area contributed by atoms with Crippen LogP contribution in [0, 0.1) is 5.82 Å². The van der Waals surface area contributed by atoms with Gasteiger partial charge in [-0.15, -0.1) is 0 Å². The number of rotatable bonds is 4. The molecule has 0 atom stereocenters. The zero-order chi connectivity index (χ0) is 13.8. The van der Waals surface area contributed by atoms with E-state index < -0.39 is 5.82 Å². The van der Waals surface area contributed by atoms with Crippen molar-refractivity contribution in [2.24, 2.45) is 0 Å². The summed E-state index contributed by atoms with van der Waals surface area (Å²) in [6, 6.07) is 4.79. The molecule has 1 fully saturated rings. The van der Waals surface area contributed by atoms with Crippen LogP contribution in [0.5, 0.6) is 0 Å². The third kappa shape index (κ3) is 3.29. The number of halogens is 3. The lowest BCUT2D eigenvalue weighted by Crippen LogP contribution is -2.40. The molecule has 1 aromatic rings. The minimum absolute atomic E-state index is 0.00364. The van der Waals surface area contributed by atoms with Crippen molar-refractivity contribution in [2.45, 2.75) is 31.7 Å². The van der Waals surface area contributed by atoms with Crippen LogP contribution in [-0.2, 0) is 0 Å². The summed E-state index contributed by atoms with van der Waals surface area (Å²) in [5.74, 6) is -0.877. The van der Waals surface area contributed by atoms with Crippen molar-refractivity contribution in [3.8, 4) is 0 Å². The van der Waals surface area contributed by atoms with Gasteiger partial charge in [-0.2, -0.15) is 0 Å². The van der Waals surface area contributed by atoms with E-state index in [0.29, 0.717) is 11.9 Å². The van der Waals surface area contributed by atoms with Gasteiger partial charge in [-0.05, 0) is 25.0 Å². The van der Waals surface area contributed by atoms with E-state index in [-0.39, 0.29) is 22.5 Å². The van der Waals surface area contributed by atoms with Gasteiger partial charge in [0.2, 0.25) is 0 Å². The molecule has 1 saturated carbocycles. The van der Waals surface area contributed by atoms with Crippen LogP contribution in [0.15, 0.2) is 18.2 Å². The second-order valence-corrected chi connectivity index (χ2v) is 5.93. The summed E-state index contributed by atoms with van der Waals surface area (Å²) < 4.78 is 13.9. The number of carbonyl (C=O) groups excluding carboxylic acids is 1. The first-order valence-corrected chi connectivity index (χ1v) is 7.96. The molecular weight excluding hydrogens is 333 g/mol. The first-order valence-electron chi connectivity index (χ1n) is 6.46. The van der Waals surface area contributed by atoms with E-state index >= 15 is 0 Å². The summed E-state index contributed by atoms with van der Waals surface area (Å²) >= 11 is 9.10. The normalized spacial score (nSPS) is 15.7. The van der Waals surface area contributed by atoms with Crippen LogP contribution in [-0.4, -0.2) is 28.7 Å². The molecule has 1 aliphatic carbocycles.